The number of nitrogens with zero attached hydrogens (tertiary/aromatic N) is 1. The molecule has 0 unspecified atom stereocenters. The highest BCUT2D eigenvalue weighted by Crippen LogP contribution is 2.22. The molecule has 0 aliphatic carbocycles. The van der Waals surface area contributed by atoms with Gasteiger partial charge in [-0.1, -0.05) is 30.3 Å². The zero-order chi connectivity index (χ0) is 13.0. The lowest BCUT2D eigenvalue weighted by atomic mass is 10.2. The summed E-state index contributed by atoms with van der Waals surface area (Å²) in [5.74, 6) is -0.298. The highest BCUT2D eigenvalue weighted by Gasteiger charge is 2.09. The molecule has 0 saturated carbocycles. The molecule has 0 aliphatic heterocycles. The third-order valence-corrected chi connectivity index (χ3v) is 3.93. The van der Waals surface area contributed by atoms with E-state index in [-0.39, 0.29) is 5.91 Å². The number of carbonyl (C=O) groups excluding carboxylic acids is 1. The maximum absolute atomic E-state index is 11.7. The Morgan fingerprint density at radius 2 is 2.00 bits per heavy atom. The molecule has 2 rings (SSSR count). The Morgan fingerprint density at radius 1 is 1.28 bits per heavy atom. The first-order valence-corrected chi connectivity index (χ1v) is 6.68. The number of amides is 1. The van der Waals surface area contributed by atoms with Crippen LogP contribution in [0.4, 0.5) is 0 Å². The van der Waals surface area contributed by atoms with Crippen LogP contribution in [0.3, 0.4) is 0 Å². The fraction of sp³-hybridized carbons (Fsp3) is 0. The summed E-state index contributed by atoms with van der Waals surface area (Å²) in [4.78, 5) is 14.6. The van der Waals surface area contributed by atoms with Crippen molar-refractivity contribution in [2.75, 3.05) is 0 Å². The predicted molar refractivity (Wildman–Crippen MR) is 77.7 cm³/mol. The molecule has 0 fully saturated rings. The molecule has 0 atom stereocenters. The second-order valence-corrected chi connectivity index (χ2v) is 5.10. The zero-order valence-corrected chi connectivity index (χ0v) is 12.3. The smallest absolute Gasteiger partial charge is 0.287 e. The highest BCUT2D eigenvalue weighted by molar-refractivity contribution is 9.13. The van der Waals surface area contributed by atoms with E-state index < -0.39 is 0 Å². The standard InChI is InChI=1S/C12H9Br2N3O/c13-9-6-10(16-11(9)14)12(18)17-15-7-8-4-2-1-3-5-8/h1-7,16H,(H,17,18). The lowest BCUT2D eigenvalue weighted by Crippen LogP contribution is -2.17. The van der Waals surface area contributed by atoms with Crippen LogP contribution in [0.25, 0.3) is 0 Å². The molecule has 92 valence electrons. The first-order chi connectivity index (χ1) is 8.66. The number of aromatic amines is 1. The largest absolute Gasteiger partial charge is 0.344 e. The van der Waals surface area contributed by atoms with E-state index in [1.54, 1.807) is 12.3 Å². The summed E-state index contributed by atoms with van der Waals surface area (Å²) >= 11 is 6.56. The Kier molecular flexibility index (Phi) is 4.33. The van der Waals surface area contributed by atoms with E-state index in [9.17, 15) is 4.79 Å². The number of hydrogen-bond acceptors (Lipinski definition) is 2. The van der Waals surface area contributed by atoms with Crippen LogP contribution in [0.2, 0.25) is 0 Å². The zero-order valence-electron chi connectivity index (χ0n) is 9.15. The quantitative estimate of drug-likeness (QED) is 0.632. The summed E-state index contributed by atoms with van der Waals surface area (Å²) in [5.41, 5.74) is 3.80. The highest BCUT2D eigenvalue weighted by atomic mass is 79.9. The number of carbonyl (C=O) groups is 1. The molecule has 0 radical (unpaired) electrons. The van der Waals surface area contributed by atoms with Gasteiger partial charge in [-0.2, -0.15) is 5.10 Å². The van der Waals surface area contributed by atoms with Crippen LogP contribution in [0.1, 0.15) is 16.1 Å². The van der Waals surface area contributed by atoms with E-state index in [0.29, 0.717) is 5.69 Å². The number of aromatic nitrogens is 1. The third kappa shape index (κ3) is 3.30. The number of rotatable bonds is 3. The molecule has 0 spiro atoms. The third-order valence-electron chi connectivity index (χ3n) is 2.15. The van der Waals surface area contributed by atoms with Gasteiger partial charge in [-0.05, 0) is 43.5 Å². The Labute approximate surface area is 121 Å². The molecule has 2 aromatic rings. The van der Waals surface area contributed by atoms with Gasteiger partial charge >= 0.3 is 0 Å². The van der Waals surface area contributed by atoms with Crippen molar-refractivity contribution in [3.63, 3.8) is 0 Å². The average molecular weight is 371 g/mol. The Hall–Kier alpha value is -1.40. The van der Waals surface area contributed by atoms with Crippen LogP contribution < -0.4 is 5.43 Å². The number of halogens is 2. The van der Waals surface area contributed by atoms with E-state index in [2.05, 4.69) is 47.4 Å². The van der Waals surface area contributed by atoms with Gasteiger partial charge in [0.25, 0.3) is 5.91 Å². The van der Waals surface area contributed by atoms with E-state index in [1.165, 1.54) is 0 Å². The summed E-state index contributed by atoms with van der Waals surface area (Å²) in [5, 5.41) is 3.88. The van der Waals surface area contributed by atoms with Crippen molar-refractivity contribution in [1.82, 2.24) is 10.4 Å². The van der Waals surface area contributed by atoms with Gasteiger partial charge in [-0.15, -0.1) is 0 Å². The number of hydrazone groups is 1. The van der Waals surface area contributed by atoms with Crippen molar-refractivity contribution < 1.29 is 4.79 Å². The molecular weight excluding hydrogens is 362 g/mol. The van der Waals surface area contributed by atoms with Gasteiger partial charge in [-0.3, -0.25) is 4.79 Å². The van der Waals surface area contributed by atoms with Gasteiger partial charge in [0, 0.05) is 0 Å². The lowest BCUT2D eigenvalue weighted by Gasteiger charge is -1.96. The van der Waals surface area contributed by atoms with Crippen LogP contribution in [-0.2, 0) is 0 Å². The van der Waals surface area contributed by atoms with E-state index in [1.807, 2.05) is 30.3 Å². The molecule has 1 heterocycles. The number of nitrogens with one attached hydrogen (secondary N) is 2. The number of H-pyrrole nitrogens is 1. The van der Waals surface area contributed by atoms with Crippen molar-refractivity contribution in [2.45, 2.75) is 0 Å². The van der Waals surface area contributed by atoms with Gasteiger partial charge < -0.3 is 4.98 Å². The molecule has 6 heteroatoms. The first kappa shape index (κ1) is 13.0. The molecule has 2 N–H and O–H groups in total. The van der Waals surface area contributed by atoms with Gasteiger partial charge in [0.05, 0.1) is 15.3 Å². The van der Waals surface area contributed by atoms with Crippen molar-refractivity contribution in [1.29, 1.82) is 0 Å². The van der Waals surface area contributed by atoms with Crippen molar-refractivity contribution >= 4 is 44.0 Å². The second kappa shape index (κ2) is 5.97. The monoisotopic (exact) mass is 369 g/mol. The molecule has 0 saturated heterocycles. The Balaban J connectivity index is 1.98. The van der Waals surface area contributed by atoms with Crippen LogP contribution >= 0.6 is 31.9 Å². The SMILES string of the molecule is O=C(NN=Cc1ccccc1)c1cc(Br)c(Br)[nH]1. The predicted octanol–water partition coefficient (Wildman–Crippen LogP) is 3.30. The second-order valence-electron chi connectivity index (χ2n) is 3.45. The van der Waals surface area contributed by atoms with Gasteiger partial charge in [0.15, 0.2) is 0 Å². The minimum absolute atomic E-state index is 0.298. The van der Waals surface area contributed by atoms with Crippen molar-refractivity contribution in [2.24, 2.45) is 5.10 Å². The number of benzene rings is 1. The summed E-state index contributed by atoms with van der Waals surface area (Å²) < 4.78 is 1.51. The van der Waals surface area contributed by atoms with Crippen LogP contribution in [-0.4, -0.2) is 17.1 Å². The van der Waals surface area contributed by atoms with Crippen LogP contribution in [0, 0.1) is 0 Å². The summed E-state index contributed by atoms with van der Waals surface area (Å²) in [6, 6.07) is 11.2. The molecule has 1 amide bonds. The molecule has 4 nitrogen and oxygen atoms in total. The number of hydrogen-bond donors (Lipinski definition) is 2. The van der Waals surface area contributed by atoms with Crippen LogP contribution in [0.5, 0.6) is 0 Å². The molecule has 1 aromatic carbocycles. The Bertz CT molecular complexity index is 559. The van der Waals surface area contributed by atoms with Crippen molar-refractivity contribution in [3.8, 4) is 0 Å². The van der Waals surface area contributed by atoms with Crippen LogP contribution in [0.15, 0.2) is 50.6 Å². The molecule has 0 aliphatic rings. The fourth-order valence-electron chi connectivity index (χ4n) is 1.29. The summed E-state index contributed by atoms with van der Waals surface area (Å²) in [6.07, 6.45) is 1.59. The Morgan fingerprint density at radius 3 is 2.61 bits per heavy atom. The first-order valence-electron chi connectivity index (χ1n) is 5.09. The fourth-order valence-corrected chi connectivity index (χ4v) is 1.95. The van der Waals surface area contributed by atoms with Gasteiger partial charge in [-0.25, -0.2) is 5.43 Å². The van der Waals surface area contributed by atoms with E-state index in [0.717, 1.165) is 14.6 Å². The minimum Gasteiger partial charge on any atom is -0.344 e. The van der Waals surface area contributed by atoms with Crippen molar-refractivity contribution in [3.05, 3.63) is 56.7 Å². The van der Waals surface area contributed by atoms with Gasteiger partial charge in [0.2, 0.25) is 0 Å². The summed E-state index contributed by atoms with van der Waals surface area (Å²) in [7, 11) is 0. The molecule has 1 aromatic heterocycles. The maximum Gasteiger partial charge on any atom is 0.287 e. The van der Waals surface area contributed by atoms with Gasteiger partial charge in [0.1, 0.15) is 5.69 Å². The molecular formula is C12H9Br2N3O. The van der Waals surface area contributed by atoms with E-state index in [4.69, 9.17) is 0 Å². The maximum atomic E-state index is 11.7. The minimum atomic E-state index is -0.298. The molecule has 0 bridgehead atoms. The normalized spacial score (nSPS) is 10.8. The average Bonchev–Trinajstić information content (AvgIpc) is 2.71. The molecule has 18 heavy (non-hydrogen) atoms. The van der Waals surface area contributed by atoms with E-state index >= 15 is 0 Å². The summed E-state index contributed by atoms with van der Waals surface area (Å²) in [6.45, 7) is 0. The lowest BCUT2D eigenvalue weighted by molar-refractivity contribution is 0.0950. The topological polar surface area (TPSA) is 57.2 Å².